The number of nitrogens with one attached hydrogen (secondary N) is 1. The second-order valence-corrected chi connectivity index (χ2v) is 7.48. The van der Waals surface area contributed by atoms with Crippen LogP contribution >= 0.6 is 0 Å². The molecule has 0 fully saturated rings. The van der Waals surface area contributed by atoms with E-state index in [1.54, 1.807) is 13.8 Å². The molecule has 5 nitrogen and oxygen atoms in total. The van der Waals surface area contributed by atoms with E-state index in [4.69, 9.17) is 4.74 Å². The Hall–Kier alpha value is -1.40. The first-order valence-corrected chi connectivity index (χ1v) is 8.75. The van der Waals surface area contributed by atoms with Gasteiger partial charge in [-0.25, -0.2) is 8.42 Å². The van der Waals surface area contributed by atoms with Gasteiger partial charge in [0.15, 0.2) is 0 Å². The topological polar surface area (TPSA) is 72.5 Å². The molecule has 1 aromatic carbocycles. The maximum Gasteiger partial charge on any atom is 0.236 e. The van der Waals surface area contributed by atoms with Gasteiger partial charge in [0.2, 0.25) is 15.9 Å². The van der Waals surface area contributed by atoms with Crippen molar-refractivity contribution in [2.45, 2.75) is 32.8 Å². The van der Waals surface area contributed by atoms with Crippen molar-refractivity contribution in [3.8, 4) is 0 Å². The number of rotatable bonds is 5. The van der Waals surface area contributed by atoms with Crippen LogP contribution in [0.1, 0.15) is 37.5 Å². The SMILES string of the molecule is CC(C)CS(=O)(=O)NC(=O)CC1OCCc2ccccc21. The molecule has 0 radical (unpaired) electrons. The molecule has 0 aliphatic carbocycles. The van der Waals surface area contributed by atoms with E-state index in [9.17, 15) is 13.2 Å². The van der Waals surface area contributed by atoms with Crippen molar-refractivity contribution in [3.05, 3.63) is 35.4 Å². The fourth-order valence-corrected chi connectivity index (χ4v) is 3.90. The van der Waals surface area contributed by atoms with Crippen LogP contribution < -0.4 is 4.72 Å². The van der Waals surface area contributed by atoms with Crippen LogP contribution in [0.2, 0.25) is 0 Å². The first kappa shape index (κ1) is 16.0. The molecule has 0 bridgehead atoms. The van der Waals surface area contributed by atoms with Crippen molar-refractivity contribution >= 4 is 15.9 Å². The number of ether oxygens (including phenoxy) is 1. The molecule has 1 heterocycles. The standard InChI is InChI=1S/C15H21NO4S/c1-11(2)10-21(18,19)16-15(17)9-14-13-6-4-3-5-12(13)7-8-20-14/h3-6,11,14H,7-10H2,1-2H3,(H,16,17). The summed E-state index contributed by atoms with van der Waals surface area (Å²) in [6.07, 6.45) is 0.470. The summed E-state index contributed by atoms with van der Waals surface area (Å²) in [5.74, 6) is -0.597. The predicted octanol–water partition coefficient (Wildman–Crippen LogP) is 1.79. The van der Waals surface area contributed by atoms with E-state index < -0.39 is 15.9 Å². The monoisotopic (exact) mass is 311 g/mol. The Morgan fingerprint density at radius 2 is 2.10 bits per heavy atom. The predicted molar refractivity (Wildman–Crippen MR) is 80.2 cm³/mol. The summed E-state index contributed by atoms with van der Waals surface area (Å²) >= 11 is 0. The first-order valence-electron chi connectivity index (χ1n) is 7.10. The number of carbonyl (C=O) groups is 1. The van der Waals surface area contributed by atoms with Crippen LogP contribution in [0.3, 0.4) is 0 Å². The third-order valence-corrected chi connectivity index (χ3v) is 4.93. The molecule has 116 valence electrons. The summed E-state index contributed by atoms with van der Waals surface area (Å²) in [6, 6.07) is 7.79. The molecular weight excluding hydrogens is 290 g/mol. The smallest absolute Gasteiger partial charge is 0.236 e. The summed E-state index contributed by atoms with van der Waals surface area (Å²) in [5.41, 5.74) is 2.13. The summed E-state index contributed by atoms with van der Waals surface area (Å²) in [4.78, 5) is 11.9. The fraction of sp³-hybridized carbons (Fsp3) is 0.533. The Balaban J connectivity index is 2.01. The van der Waals surface area contributed by atoms with Crippen LogP contribution in [0.25, 0.3) is 0 Å². The lowest BCUT2D eigenvalue weighted by Crippen LogP contribution is -2.35. The molecule has 0 saturated heterocycles. The molecule has 6 heteroatoms. The zero-order valence-electron chi connectivity index (χ0n) is 12.3. The Bertz CT molecular complexity index is 610. The van der Waals surface area contributed by atoms with Crippen molar-refractivity contribution in [3.63, 3.8) is 0 Å². The van der Waals surface area contributed by atoms with E-state index in [0.29, 0.717) is 6.61 Å². The van der Waals surface area contributed by atoms with E-state index in [0.717, 1.165) is 17.5 Å². The van der Waals surface area contributed by atoms with Gasteiger partial charge in [-0.2, -0.15) is 0 Å². The minimum atomic E-state index is -3.56. The van der Waals surface area contributed by atoms with Gasteiger partial charge in [0.1, 0.15) is 0 Å². The van der Waals surface area contributed by atoms with E-state index >= 15 is 0 Å². The van der Waals surface area contributed by atoms with Crippen LogP contribution in [0, 0.1) is 5.92 Å². The average Bonchev–Trinajstić information content (AvgIpc) is 2.36. The number of benzene rings is 1. The number of hydrogen-bond donors (Lipinski definition) is 1. The quantitative estimate of drug-likeness (QED) is 0.900. The van der Waals surface area contributed by atoms with Crippen molar-refractivity contribution in [1.82, 2.24) is 4.72 Å². The van der Waals surface area contributed by atoms with Gasteiger partial charge in [-0.1, -0.05) is 38.1 Å². The Morgan fingerprint density at radius 3 is 2.81 bits per heavy atom. The lowest BCUT2D eigenvalue weighted by atomic mass is 9.96. The van der Waals surface area contributed by atoms with E-state index in [2.05, 4.69) is 4.72 Å². The van der Waals surface area contributed by atoms with Crippen molar-refractivity contribution < 1.29 is 17.9 Å². The molecule has 1 aliphatic heterocycles. The van der Waals surface area contributed by atoms with Gasteiger partial charge in [0, 0.05) is 0 Å². The second kappa shape index (κ2) is 6.58. The number of amides is 1. The molecule has 1 N–H and O–H groups in total. The molecule has 1 aromatic rings. The highest BCUT2D eigenvalue weighted by atomic mass is 32.2. The van der Waals surface area contributed by atoms with Crippen LogP contribution in [-0.4, -0.2) is 26.7 Å². The zero-order chi connectivity index (χ0) is 15.5. The summed E-state index contributed by atoms with van der Waals surface area (Å²) in [7, 11) is -3.56. The molecule has 1 atom stereocenters. The van der Waals surface area contributed by atoms with Crippen molar-refractivity contribution in [1.29, 1.82) is 0 Å². The lowest BCUT2D eigenvalue weighted by Gasteiger charge is -2.25. The highest BCUT2D eigenvalue weighted by Crippen LogP contribution is 2.29. The molecule has 21 heavy (non-hydrogen) atoms. The molecule has 1 amide bonds. The minimum absolute atomic E-state index is 0.0222. The highest BCUT2D eigenvalue weighted by molar-refractivity contribution is 7.90. The van der Waals surface area contributed by atoms with Gasteiger partial charge in [0.25, 0.3) is 0 Å². The molecule has 2 rings (SSSR count). The van der Waals surface area contributed by atoms with Gasteiger partial charge < -0.3 is 4.74 Å². The molecule has 1 unspecified atom stereocenters. The van der Waals surface area contributed by atoms with Gasteiger partial charge >= 0.3 is 0 Å². The molecule has 0 spiro atoms. The fourth-order valence-electron chi connectivity index (χ4n) is 2.51. The third-order valence-electron chi connectivity index (χ3n) is 3.29. The van der Waals surface area contributed by atoms with Crippen molar-refractivity contribution in [2.24, 2.45) is 5.92 Å². The minimum Gasteiger partial charge on any atom is -0.373 e. The average molecular weight is 311 g/mol. The molecular formula is C15H21NO4S. The maximum absolute atomic E-state index is 11.9. The summed E-state index contributed by atoms with van der Waals surface area (Å²) in [6.45, 7) is 4.14. The van der Waals surface area contributed by atoms with Gasteiger partial charge in [0.05, 0.1) is 24.9 Å². The summed E-state index contributed by atoms with van der Waals surface area (Å²) < 4.78 is 31.3. The normalized spacial score (nSPS) is 18.3. The molecule has 1 aliphatic rings. The van der Waals surface area contributed by atoms with Crippen LogP contribution in [0.4, 0.5) is 0 Å². The first-order chi connectivity index (χ1) is 9.87. The Labute approximate surface area is 125 Å². The van der Waals surface area contributed by atoms with E-state index in [1.807, 2.05) is 24.3 Å². The van der Waals surface area contributed by atoms with Gasteiger partial charge in [-0.15, -0.1) is 0 Å². The number of carbonyl (C=O) groups excluding carboxylic acids is 1. The molecule has 0 saturated carbocycles. The molecule has 0 aromatic heterocycles. The number of hydrogen-bond acceptors (Lipinski definition) is 4. The zero-order valence-corrected chi connectivity index (χ0v) is 13.2. The Kier molecular flexibility index (Phi) is 5.00. The van der Waals surface area contributed by atoms with Crippen molar-refractivity contribution in [2.75, 3.05) is 12.4 Å². The lowest BCUT2D eigenvalue weighted by molar-refractivity contribution is -0.122. The van der Waals surface area contributed by atoms with Crippen LogP contribution in [0.15, 0.2) is 24.3 Å². The van der Waals surface area contributed by atoms with E-state index in [1.165, 1.54) is 0 Å². The summed E-state index contributed by atoms with van der Waals surface area (Å²) in [5, 5.41) is 0. The van der Waals surface area contributed by atoms with Crippen LogP contribution in [0.5, 0.6) is 0 Å². The number of sulfonamides is 1. The number of fused-ring (bicyclic) bond motifs is 1. The Morgan fingerprint density at radius 1 is 1.38 bits per heavy atom. The largest absolute Gasteiger partial charge is 0.373 e. The van der Waals surface area contributed by atoms with Gasteiger partial charge in [-0.3, -0.25) is 9.52 Å². The second-order valence-electron chi connectivity index (χ2n) is 5.71. The maximum atomic E-state index is 11.9. The third kappa shape index (κ3) is 4.54. The van der Waals surface area contributed by atoms with E-state index in [-0.39, 0.29) is 24.2 Å². The van der Waals surface area contributed by atoms with Gasteiger partial charge in [-0.05, 0) is 23.5 Å². The van der Waals surface area contributed by atoms with Crippen LogP contribution in [-0.2, 0) is 26.0 Å². The highest BCUT2D eigenvalue weighted by Gasteiger charge is 2.25.